The summed E-state index contributed by atoms with van der Waals surface area (Å²) in [5.41, 5.74) is 1.50. The Hall–Kier alpha value is -3.13. The van der Waals surface area contributed by atoms with Gasteiger partial charge in [0.2, 0.25) is 0 Å². The van der Waals surface area contributed by atoms with Gasteiger partial charge in [-0.15, -0.1) is 8.78 Å². The first kappa shape index (κ1) is 17.3. The second-order valence-corrected chi connectivity index (χ2v) is 6.24. The largest absolute Gasteiger partial charge is 0.586 e. The topological polar surface area (TPSA) is 65.4 Å². The van der Waals surface area contributed by atoms with Gasteiger partial charge in [-0.2, -0.15) is 0 Å². The fraction of sp³-hybridized carbons (Fsp3) is 0.111. The van der Waals surface area contributed by atoms with E-state index < -0.39 is 6.29 Å². The van der Waals surface area contributed by atoms with Crippen LogP contribution in [0.5, 0.6) is 11.5 Å². The van der Waals surface area contributed by atoms with Crippen molar-refractivity contribution in [3.8, 4) is 22.6 Å². The Kier molecular flexibility index (Phi) is 4.00. The van der Waals surface area contributed by atoms with Crippen molar-refractivity contribution in [3.05, 3.63) is 59.5 Å². The number of benzene rings is 1. The summed E-state index contributed by atoms with van der Waals surface area (Å²) >= 11 is 6.16. The number of anilines is 1. The van der Waals surface area contributed by atoms with Gasteiger partial charge >= 0.3 is 6.29 Å². The molecule has 2 aromatic heterocycles. The van der Waals surface area contributed by atoms with Crippen molar-refractivity contribution in [2.75, 3.05) is 5.32 Å². The van der Waals surface area contributed by atoms with Gasteiger partial charge in [0.15, 0.2) is 11.5 Å². The van der Waals surface area contributed by atoms with E-state index in [2.05, 4.69) is 19.8 Å². The predicted octanol–water partition coefficient (Wildman–Crippen LogP) is 4.31. The summed E-state index contributed by atoms with van der Waals surface area (Å²) in [6, 6.07) is 9.32. The van der Waals surface area contributed by atoms with Crippen molar-refractivity contribution in [3.63, 3.8) is 0 Å². The van der Waals surface area contributed by atoms with Gasteiger partial charge in [0.25, 0.3) is 5.91 Å². The van der Waals surface area contributed by atoms with Crippen LogP contribution in [-0.2, 0) is 7.05 Å². The van der Waals surface area contributed by atoms with Gasteiger partial charge < -0.3 is 19.4 Å². The average molecular weight is 392 g/mol. The maximum absolute atomic E-state index is 13.2. The van der Waals surface area contributed by atoms with E-state index in [1.54, 1.807) is 42.1 Å². The van der Waals surface area contributed by atoms with Crippen LogP contribution in [0, 0.1) is 0 Å². The molecule has 0 atom stereocenters. The Morgan fingerprint density at radius 2 is 1.96 bits per heavy atom. The van der Waals surface area contributed by atoms with Crippen molar-refractivity contribution in [1.29, 1.82) is 0 Å². The fourth-order valence-corrected chi connectivity index (χ4v) is 2.96. The lowest BCUT2D eigenvalue weighted by Gasteiger charge is -2.08. The van der Waals surface area contributed by atoms with Gasteiger partial charge in [-0.25, -0.2) is 4.98 Å². The number of pyridine rings is 1. The zero-order valence-corrected chi connectivity index (χ0v) is 14.6. The van der Waals surface area contributed by atoms with Crippen molar-refractivity contribution in [2.45, 2.75) is 6.29 Å². The van der Waals surface area contributed by atoms with Crippen LogP contribution in [0.1, 0.15) is 10.5 Å². The quantitative estimate of drug-likeness (QED) is 0.722. The van der Waals surface area contributed by atoms with Gasteiger partial charge in [0, 0.05) is 36.6 Å². The van der Waals surface area contributed by atoms with E-state index in [9.17, 15) is 13.6 Å². The molecule has 4 rings (SSSR count). The number of hydrogen-bond donors (Lipinski definition) is 1. The zero-order chi connectivity index (χ0) is 19.2. The van der Waals surface area contributed by atoms with E-state index in [-0.39, 0.29) is 22.4 Å². The summed E-state index contributed by atoms with van der Waals surface area (Å²) in [7, 11) is 1.76. The summed E-state index contributed by atoms with van der Waals surface area (Å²) in [5, 5.41) is 2.89. The maximum atomic E-state index is 13.2. The smallest absolute Gasteiger partial charge is 0.395 e. The van der Waals surface area contributed by atoms with Crippen molar-refractivity contribution < 1.29 is 23.0 Å². The molecule has 0 radical (unpaired) electrons. The van der Waals surface area contributed by atoms with Crippen LogP contribution in [0.3, 0.4) is 0 Å². The molecule has 0 fully saturated rings. The fourth-order valence-electron chi connectivity index (χ4n) is 2.70. The van der Waals surface area contributed by atoms with Crippen LogP contribution in [-0.4, -0.2) is 21.8 Å². The van der Waals surface area contributed by atoms with Crippen LogP contribution in [0.25, 0.3) is 11.1 Å². The molecular weight excluding hydrogens is 380 g/mol. The molecule has 27 heavy (non-hydrogen) atoms. The number of nitrogens with one attached hydrogen (secondary N) is 1. The minimum atomic E-state index is -3.71. The molecule has 3 heterocycles. The lowest BCUT2D eigenvalue weighted by molar-refractivity contribution is -0.286. The highest BCUT2D eigenvalue weighted by molar-refractivity contribution is 6.33. The van der Waals surface area contributed by atoms with Gasteiger partial charge in [-0.05, 0) is 30.3 Å². The third-order valence-corrected chi connectivity index (χ3v) is 4.30. The number of halogens is 3. The monoisotopic (exact) mass is 391 g/mol. The van der Waals surface area contributed by atoms with E-state index in [4.69, 9.17) is 11.6 Å². The summed E-state index contributed by atoms with van der Waals surface area (Å²) in [6.07, 6.45) is -0.480. The summed E-state index contributed by atoms with van der Waals surface area (Å²) in [5.74, 6) is -0.201. The van der Waals surface area contributed by atoms with E-state index in [1.807, 2.05) is 0 Å². The van der Waals surface area contributed by atoms with Crippen molar-refractivity contribution in [2.24, 2.45) is 7.05 Å². The second-order valence-electron chi connectivity index (χ2n) is 5.84. The molecule has 1 aromatic carbocycles. The molecule has 138 valence electrons. The number of amides is 1. The number of rotatable bonds is 3. The Labute approximate surface area is 157 Å². The summed E-state index contributed by atoms with van der Waals surface area (Å²) in [4.78, 5) is 16.4. The molecule has 0 bridgehead atoms. The molecule has 0 saturated carbocycles. The normalized spacial score (nSPS) is 14.2. The average Bonchev–Trinajstić information content (AvgIpc) is 3.16. The standard InChI is InChI=1S/C18H12ClF2N3O3/c1-24-6-2-3-13(24)17(25)23-16-5-4-10(9-22-16)11-7-14-15(8-12(11)19)27-18(20,21)26-14/h2-9H,1H3,(H,22,23,25). The van der Waals surface area contributed by atoms with Gasteiger partial charge in [-0.1, -0.05) is 11.6 Å². The number of carbonyl (C=O) groups is 1. The SMILES string of the molecule is Cn1cccc1C(=O)Nc1ccc(-c2cc3c(cc2Cl)OC(F)(F)O3)cn1. The minimum Gasteiger partial charge on any atom is -0.395 e. The molecule has 1 aliphatic heterocycles. The second kappa shape index (κ2) is 6.24. The van der Waals surface area contributed by atoms with Crippen LogP contribution >= 0.6 is 11.6 Å². The number of aromatic nitrogens is 2. The Morgan fingerprint density at radius 3 is 2.59 bits per heavy atom. The molecule has 1 N–H and O–H groups in total. The van der Waals surface area contributed by atoms with Crippen molar-refractivity contribution >= 4 is 23.3 Å². The molecule has 3 aromatic rings. The van der Waals surface area contributed by atoms with Gasteiger partial charge in [0.1, 0.15) is 11.5 Å². The van der Waals surface area contributed by atoms with Crippen LogP contribution in [0.15, 0.2) is 48.8 Å². The first-order chi connectivity index (χ1) is 12.8. The molecular formula is C18H12ClF2N3O3. The first-order valence-electron chi connectivity index (χ1n) is 7.81. The molecule has 0 unspecified atom stereocenters. The summed E-state index contributed by atoms with van der Waals surface area (Å²) in [6.45, 7) is 0. The lowest BCUT2D eigenvalue weighted by Crippen LogP contribution is -2.25. The zero-order valence-electron chi connectivity index (χ0n) is 13.9. The van der Waals surface area contributed by atoms with Crippen LogP contribution < -0.4 is 14.8 Å². The molecule has 0 saturated heterocycles. The van der Waals surface area contributed by atoms with E-state index in [0.717, 1.165) is 0 Å². The Balaban J connectivity index is 1.57. The first-order valence-corrected chi connectivity index (χ1v) is 8.19. The number of ether oxygens (including phenoxy) is 2. The van der Waals surface area contributed by atoms with Gasteiger partial charge in [0.05, 0.1) is 5.02 Å². The molecule has 0 spiro atoms. The molecule has 9 heteroatoms. The maximum Gasteiger partial charge on any atom is 0.586 e. The predicted molar refractivity (Wildman–Crippen MR) is 94.3 cm³/mol. The third-order valence-electron chi connectivity index (χ3n) is 3.98. The number of nitrogens with zero attached hydrogens (tertiary/aromatic N) is 2. The number of carbonyl (C=O) groups excluding carboxylic acids is 1. The number of aryl methyl sites for hydroxylation is 1. The van der Waals surface area contributed by atoms with Gasteiger partial charge in [-0.3, -0.25) is 4.79 Å². The third kappa shape index (κ3) is 3.31. The van der Waals surface area contributed by atoms with E-state index >= 15 is 0 Å². The van der Waals surface area contributed by atoms with Crippen LogP contribution in [0.4, 0.5) is 14.6 Å². The molecule has 1 aliphatic rings. The van der Waals surface area contributed by atoms with E-state index in [0.29, 0.717) is 22.6 Å². The van der Waals surface area contributed by atoms with Crippen LogP contribution in [0.2, 0.25) is 5.02 Å². The molecule has 1 amide bonds. The Bertz CT molecular complexity index is 1030. The highest BCUT2D eigenvalue weighted by Gasteiger charge is 2.43. The number of hydrogen-bond acceptors (Lipinski definition) is 4. The number of alkyl halides is 2. The molecule has 6 nitrogen and oxygen atoms in total. The highest BCUT2D eigenvalue weighted by atomic mass is 35.5. The lowest BCUT2D eigenvalue weighted by atomic mass is 10.1. The summed E-state index contributed by atoms with van der Waals surface area (Å²) < 4.78 is 36.9. The molecule has 0 aliphatic carbocycles. The highest BCUT2D eigenvalue weighted by Crippen LogP contribution is 2.45. The minimum absolute atomic E-state index is 0.111. The van der Waals surface area contributed by atoms with Crippen molar-refractivity contribution in [1.82, 2.24) is 9.55 Å². The Morgan fingerprint density at radius 1 is 1.22 bits per heavy atom. The van der Waals surface area contributed by atoms with E-state index in [1.165, 1.54) is 18.3 Å². The number of fused-ring (bicyclic) bond motifs is 1.